The Hall–Kier alpha value is -1.80. The second-order valence-electron chi connectivity index (χ2n) is 8.96. The molecule has 0 spiro atoms. The molecule has 0 bridgehead atoms. The number of nitro groups is 2. The molecule has 2 aromatic rings. The van der Waals surface area contributed by atoms with Gasteiger partial charge in [-0.3, -0.25) is 0 Å². The van der Waals surface area contributed by atoms with Gasteiger partial charge < -0.3 is 0 Å². The second-order valence-corrected chi connectivity index (χ2v) is 15.1. The number of hydrogen-bond donors (Lipinski definition) is 0. The summed E-state index contributed by atoms with van der Waals surface area (Å²) in [6.45, 7) is 8.43. The molecule has 0 aromatic heterocycles. The van der Waals surface area contributed by atoms with Gasteiger partial charge >= 0.3 is 212 Å². The summed E-state index contributed by atoms with van der Waals surface area (Å²) in [4.78, 5) is 27.1. The van der Waals surface area contributed by atoms with Gasteiger partial charge in [-0.15, -0.1) is 0 Å². The first-order valence-electron chi connectivity index (χ1n) is 11.7. The first-order chi connectivity index (χ1) is 16.3. The van der Waals surface area contributed by atoms with E-state index in [4.69, 9.17) is 0 Å². The third kappa shape index (κ3) is 5.70. The molecule has 0 N–H and O–H groups in total. The van der Waals surface area contributed by atoms with Crippen molar-refractivity contribution in [2.75, 3.05) is 26.2 Å². The molecular weight excluding hydrogens is 566 g/mol. The van der Waals surface area contributed by atoms with Crippen LogP contribution >= 0.6 is 0 Å². The second kappa shape index (κ2) is 11.3. The van der Waals surface area contributed by atoms with Crippen LogP contribution in [0.3, 0.4) is 0 Å². The number of nitrogens with zero attached hydrogens (tertiary/aromatic N) is 4. The first kappa shape index (κ1) is 25.3. The number of nitro benzene ring substituents is 2. The molecule has 2 heterocycles. The molecule has 2 aliphatic heterocycles. The van der Waals surface area contributed by atoms with Crippen LogP contribution < -0.4 is 8.92 Å². The third-order valence-electron chi connectivity index (χ3n) is 6.91. The molecule has 0 saturated carbocycles. The van der Waals surface area contributed by atoms with E-state index in [1.807, 2.05) is 12.1 Å². The topological polar surface area (TPSA) is 92.8 Å². The van der Waals surface area contributed by atoms with E-state index in [0.717, 1.165) is 37.3 Å². The van der Waals surface area contributed by atoms with Gasteiger partial charge in [0.05, 0.1) is 0 Å². The summed E-state index contributed by atoms with van der Waals surface area (Å²) >= 11 is 0.224. The first-order valence-corrected chi connectivity index (χ1v) is 17.8. The Morgan fingerprint density at radius 1 is 0.706 bits per heavy atom. The number of likely N-dealkylation sites (tertiary alicyclic amines) is 2. The van der Waals surface area contributed by atoms with Gasteiger partial charge in [-0.05, 0) is 0 Å². The summed E-state index contributed by atoms with van der Waals surface area (Å²) in [7, 11) is 0. The van der Waals surface area contributed by atoms with Gasteiger partial charge in [0.15, 0.2) is 0 Å². The maximum atomic E-state index is 11.5. The molecule has 8 nitrogen and oxygen atoms in total. The fraction of sp³-hybridized carbons (Fsp3) is 0.500. The molecule has 2 saturated heterocycles. The zero-order valence-electron chi connectivity index (χ0n) is 19.5. The number of non-ortho nitro benzene ring substituents is 2. The molecular formula is C24H30N4O4Se2. The van der Waals surface area contributed by atoms with Gasteiger partial charge in [0.2, 0.25) is 0 Å². The van der Waals surface area contributed by atoms with Crippen molar-refractivity contribution in [2.45, 2.75) is 51.6 Å². The Bertz CT molecular complexity index is 972. The minimum atomic E-state index is -0.311. The number of benzene rings is 2. The van der Waals surface area contributed by atoms with Crippen LogP contribution in [-0.4, -0.2) is 72.1 Å². The molecule has 34 heavy (non-hydrogen) atoms. The molecule has 2 aliphatic rings. The molecule has 0 amide bonds. The Morgan fingerprint density at radius 3 is 1.38 bits per heavy atom. The number of rotatable bonds is 9. The van der Waals surface area contributed by atoms with Gasteiger partial charge in [-0.2, -0.15) is 0 Å². The van der Waals surface area contributed by atoms with Crippen LogP contribution in [0.15, 0.2) is 36.4 Å². The normalized spacial score (nSPS) is 18.8. The van der Waals surface area contributed by atoms with E-state index in [1.165, 1.54) is 34.6 Å². The SMILES string of the molecule is C[C@H](c1cc([N+](=O)[O-])ccc1[Se][Se]c1ccc([N+](=O)[O-])cc1[C@@H](C)N1CCCC1)N1CCCC1. The molecule has 182 valence electrons. The molecule has 0 unspecified atom stereocenters. The predicted octanol–water partition coefficient (Wildman–Crippen LogP) is 3.09. The Balaban J connectivity index is 1.62. The summed E-state index contributed by atoms with van der Waals surface area (Å²) in [6, 6.07) is 10.9. The maximum absolute atomic E-state index is 11.5. The molecule has 4 rings (SSSR count). The zero-order valence-corrected chi connectivity index (χ0v) is 22.9. The van der Waals surface area contributed by atoms with E-state index >= 15 is 0 Å². The zero-order chi connectivity index (χ0) is 24.2. The van der Waals surface area contributed by atoms with Gasteiger partial charge in [0.1, 0.15) is 0 Å². The van der Waals surface area contributed by atoms with Crippen molar-refractivity contribution < 1.29 is 9.85 Å². The summed E-state index contributed by atoms with van der Waals surface area (Å²) in [5.41, 5.74) is 2.42. The number of hydrogen-bond acceptors (Lipinski definition) is 6. The van der Waals surface area contributed by atoms with Crippen LogP contribution in [0.2, 0.25) is 0 Å². The predicted molar refractivity (Wildman–Crippen MR) is 135 cm³/mol. The summed E-state index contributed by atoms with van der Waals surface area (Å²) in [5.74, 6) is 0. The van der Waals surface area contributed by atoms with Crippen molar-refractivity contribution in [2.24, 2.45) is 0 Å². The average Bonchev–Trinajstić information content (AvgIpc) is 3.56. The van der Waals surface area contributed by atoms with Gasteiger partial charge in [0, 0.05) is 0 Å². The Kier molecular flexibility index (Phi) is 8.40. The van der Waals surface area contributed by atoms with Crippen molar-refractivity contribution in [1.29, 1.82) is 0 Å². The molecule has 2 aromatic carbocycles. The summed E-state index contributed by atoms with van der Waals surface area (Å²) in [5, 5.41) is 22.9. The van der Waals surface area contributed by atoms with E-state index < -0.39 is 0 Å². The van der Waals surface area contributed by atoms with E-state index in [0.29, 0.717) is 0 Å². The molecule has 0 aliphatic carbocycles. The molecule has 0 radical (unpaired) electrons. The monoisotopic (exact) mass is 598 g/mol. The molecule has 2 atom stereocenters. The average molecular weight is 596 g/mol. The van der Waals surface area contributed by atoms with Crippen LogP contribution in [-0.2, 0) is 0 Å². The van der Waals surface area contributed by atoms with Crippen molar-refractivity contribution in [3.63, 3.8) is 0 Å². The van der Waals surface area contributed by atoms with E-state index in [1.54, 1.807) is 24.3 Å². The van der Waals surface area contributed by atoms with Crippen LogP contribution in [0.1, 0.15) is 62.7 Å². The third-order valence-corrected chi connectivity index (χ3v) is 14.2. The Morgan fingerprint density at radius 2 is 1.06 bits per heavy atom. The van der Waals surface area contributed by atoms with Gasteiger partial charge in [-0.25, -0.2) is 0 Å². The van der Waals surface area contributed by atoms with Crippen molar-refractivity contribution >= 4 is 46.6 Å². The van der Waals surface area contributed by atoms with E-state index in [-0.39, 0.29) is 59.6 Å². The molecule has 2 fully saturated rings. The van der Waals surface area contributed by atoms with Crippen LogP contribution in [0, 0.1) is 20.2 Å². The molecule has 10 heteroatoms. The van der Waals surface area contributed by atoms with Crippen molar-refractivity contribution in [3.8, 4) is 0 Å². The van der Waals surface area contributed by atoms with Crippen molar-refractivity contribution in [1.82, 2.24) is 9.80 Å². The van der Waals surface area contributed by atoms with E-state index in [9.17, 15) is 20.2 Å². The summed E-state index contributed by atoms with van der Waals surface area (Å²) in [6.07, 6.45) is 4.68. The fourth-order valence-corrected chi connectivity index (χ4v) is 12.4. The van der Waals surface area contributed by atoms with Gasteiger partial charge in [0.25, 0.3) is 0 Å². The minimum absolute atomic E-state index is 0.112. The van der Waals surface area contributed by atoms with Crippen LogP contribution in [0.5, 0.6) is 0 Å². The van der Waals surface area contributed by atoms with Crippen LogP contribution in [0.4, 0.5) is 11.4 Å². The summed E-state index contributed by atoms with van der Waals surface area (Å²) < 4.78 is 2.41. The van der Waals surface area contributed by atoms with E-state index in [2.05, 4.69) is 23.6 Å². The quantitative estimate of drug-likeness (QED) is 0.251. The van der Waals surface area contributed by atoms with Gasteiger partial charge in [-0.1, -0.05) is 0 Å². The van der Waals surface area contributed by atoms with Crippen molar-refractivity contribution in [3.05, 3.63) is 67.8 Å². The van der Waals surface area contributed by atoms with Crippen LogP contribution in [0.25, 0.3) is 0 Å². The standard InChI is InChI=1S/C24H30N4O4Se2/c1-17(25-11-3-4-12-25)21-15-19(27(29)30)7-9-23(21)33-34-24-10-8-20(28(31)32)16-22(24)18(2)26-13-5-6-14-26/h7-10,15-18H,3-6,11-14H2,1-2H3/t17-,18-/m1/s1. The fourth-order valence-electron chi connectivity index (χ4n) is 4.84. The Labute approximate surface area is 211 Å².